The van der Waals surface area contributed by atoms with Gasteiger partial charge in [-0.1, -0.05) is 12.1 Å². The van der Waals surface area contributed by atoms with Crippen LogP contribution in [0.4, 0.5) is 0 Å². The van der Waals surface area contributed by atoms with Gasteiger partial charge in [-0.25, -0.2) is 4.98 Å². The molecule has 0 fully saturated rings. The first-order chi connectivity index (χ1) is 12.7. The quantitative estimate of drug-likeness (QED) is 0.546. The molecule has 0 amide bonds. The molecule has 0 spiro atoms. The van der Waals surface area contributed by atoms with Crippen LogP contribution < -0.4 is 0 Å². The van der Waals surface area contributed by atoms with Gasteiger partial charge in [0.1, 0.15) is 0 Å². The Kier molecular flexibility index (Phi) is 3.18. The second-order valence-corrected chi connectivity index (χ2v) is 6.70. The second kappa shape index (κ2) is 5.56. The summed E-state index contributed by atoms with van der Waals surface area (Å²) in [5, 5.41) is 14.3. The lowest BCUT2D eigenvalue weighted by Gasteiger charge is -2.02. The first-order valence-corrected chi connectivity index (χ1v) is 8.53. The Bertz CT molecular complexity index is 1240. The van der Waals surface area contributed by atoms with Gasteiger partial charge in [-0.3, -0.25) is 9.78 Å². The van der Waals surface area contributed by atoms with E-state index in [1.54, 1.807) is 0 Å². The maximum absolute atomic E-state index is 4.45. The summed E-state index contributed by atoms with van der Waals surface area (Å²) in [6.45, 7) is 0. The number of benzene rings is 2. The van der Waals surface area contributed by atoms with Crippen molar-refractivity contribution in [2.24, 2.45) is 14.1 Å². The van der Waals surface area contributed by atoms with Crippen LogP contribution in [0.15, 0.2) is 55.1 Å². The van der Waals surface area contributed by atoms with Gasteiger partial charge in [0.15, 0.2) is 0 Å². The molecule has 0 atom stereocenters. The first-order valence-electron chi connectivity index (χ1n) is 8.53. The van der Waals surface area contributed by atoms with E-state index in [1.165, 1.54) is 5.56 Å². The molecule has 0 aliphatic rings. The van der Waals surface area contributed by atoms with E-state index in [1.807, 2.05) is 48.1 Å². The second-order valence-electron chi connectivity index (χ2n) is 6.70. The zero-order valence-electron chi connectivity index (χ0n) is 14.6. The smallest absolute Gasteiger partial charge is 0.0951 e. The van der Waals surface area contributed by atoms with Crippen molar-refractivity contribution in [1.82, 2.24) is 29.5 Å². The molecule has 5 rings (SSSR count). The van der Waals surface area contributed by atoms with Gasteiger partial charge >= 0.3 is 0 Å². The molecule has 3 aromatic heterocycles. The van der Waals surface area contributed by atoms with Crippen LogP contribution >= 0.6 is 0 Å². The third kappa shape index (κ3) is 2.38. The number of aromatic amines is 1. The number of aromatic nitrogens is 6. The van der Waals surface area contributed by atoms with E-state index in [9.17, 15) is 0 Å². The number of imidazole rings is 1. The van der Waals surface area contributed by atoms with Crippen molar-refractivity contribution in [3.05, 3.63) is 66.4 Å². The molecule has 0 radical (unpaired) electrons. The highest BCUT2D eigenvalue weighted by atomic mass is 15.2. The summed E-state index contributed by atoms with van der Waals surface area (Å²) in [6, 6.07) is 12.7. The van der Waals surface area contributed by atoms with Crippen LogP contribution in [0, 0.1) is 0 Å². The molecule has 128 valence electrons. The normalized spacial score (nSPS) is 11.6. The molecule has 5 aromatic rings. The van der Waals surface area contributed by atoms with Gasteiger partial charge in [0, 0.05) is 48.7 Å². The third-order valence-corrected chi connectivity index (χ3v) is 4.83. The number of nitrogens with one attached hydrogen (secondary N) is 1. The van der Waals surface area contributed by atoms with E-state index < -0.39 is 0 Å². The predicted octanol–water partition coefficient (Wildman–Crippen LogP) is 3.44. The average Bonchev–Trinajstić information content (AvgIpc) is 3.35. The molecule has 0 unspecified atom stereocenters. The van der Waals surface area contributed by atoms with Crippen molar-refractivity contribution in [2.75, 3.05) is 0 Å². The van der Waals surface area contributed by atoms with Crippen molar-refractivity contribution in [3.63, 3.8) is 0 Å². The molecule has 3 heterocycles. The zero-order chi connectivity index (χ0) is 17.7. The Morgan fingerprint density at radius 3 is 2.85 bits per heavy atom. The summed E-state index contributed by atoms with van der Waals surface area (Å²) in [7, 11) is 3.94. The molecule has 0 saturated heterocycles. The molecule has 6 nitrogen and oxygen atoms in total. The van der Waals surface area contributed by atoms with Crippen molar-refractivity contribution in [1.29, 1.82) is 0 Å². The third-order valence-electron chi connectivity index (χ3n) is 4.83. The Hall–Kier alpha value is -3.41. The minimum atomic E-state index is 0.799. The molecular weight excluding hydrogens is 324 g/mol. The number of rotatable bonds is 3. The number of hydrogen-bond acceptors (Lipinski definition) is 3. The molecule has 0 saturated carbocycles. The lowest BCUT2D eigenvalue weighted by atomic mass is 10.0. The van der Waals surface area contributed by atoms with Crippen molar-refractivity contribution >= 4 is 21.8 Å². The SMILES string of the molecule is Cn1cnc(-c2ccc3n[nH]c(Cc4ccc5c(cnn5C)c4)c3c2)c1. The van der Waals surface area contributed by atoms with Crippen molar-refractivity contribution < 1.29 is 0 Å². The molecule has 6 heteroatoms. The lowest BCUT2D eigenvalue weighted by Crippen LogP contribution is -1.91. The van der Waals surface area contributed by atoms with E-state index >= 15 is 0 Å². The fourth-order valence-corrected chi connectivity index (χ4v) is 3.45. The Labute approximate surface area is 150 Å². The molecule has 0 bridgehead atoms. The minimum absolute atomic E-state index is 0.799. The van der Waals surface area contributed by atoms with Crippen LogP contribution in [0.5, 0.6) is 0 Å². The van der Waals surface area contributed by atoms with E-state index in [0.29, 0.717) is 0 Å². The van der Waals surface area contributed by atoms with E-state index in [0.717, 1.165) is 45.2 Å². The molecule has 26 heavy (non-hydrogen) atoms. The van der Waals surface area contributed by atoms with Crippen LogP contribution in [-0.4, -0.2) is 29.5 Å². The maximum Gasteiger partial charge on any atom is 0.0951 e. The molecule has 0 aliphatic heterocycles. The maximum atomic E-state index is 4.45. The highest BCUT2D eigenvalue weighted by Crippen LogP contribution is 2.26. The van der Waals surface area contributed by atoms with Crippen LogP contribution in [0.2, 0.25) is 0 Å². The van der Waals surface area contributed by atoms with E-state index in [4.69, 9.17) is 0 Å². The van der Waals surface area contributed by atoms with Gasteiger partial charge in [0.2, 0.25) is 0 Å². The summed E-state index contributed by atoms with van der Waals surface area (Å²) >= 11 is 0. The summed E-state index contributed by atoms with van der Waals surface area (Å²) in [6.07, 6.45) is 6.55. The van der Waals surface area contributed by atoms with Crippen LogP contribution in [0.1, 0.15) is 11.3 Å². The monoisotopic (exact) mass is 342 g/mol. The summed E-state index contributed by atoms with van der Waals surface area (Å²) in [5.74, 6) is 0. The fourth-order valence-electron chi connectivity index (χ4n) is 3.45. The molecule has 2 aromatic carbocycles. The van der Waals surface area contributed by atoms with Gasteiger partial charge < -0.3 is 4.57 Å². The van der Waals surface area contributed by atoms with Gasteiger partial charge in [-0.2, -0.15) is 10.2 Å². The predicted molar refractivity (Wildman–Crippen MR) is 102 cm³/mol. The first kappa shape index (κ1) is 14.9. The number of nitrogens with zero attached hydrogens (tertiary/aromatic N) is 5. The van der Waals surface area contributed by atoms with Gasteiger partial charge in [-0.15, -0.1) is 0 Å². The summed E-state index contributed by atoms with van der Waals surface area (Å²) in [5.41, 5.74) is 6.53. The van der Waals surface area contributed by atoms with Crippen molar-refractivity contribution in [2.45, 2.75) is 6.42 Å². The average molecular weight is 342 g/mol. The van der Waals surface area contributed by atoms with Crippen LogP contribution in [-0.2, 0) is 20.5 Å². The van der Waals surface area contributed by atoms with E-state index in [2.05, 4.69) is 50.6 Å². The molecule has 0 aliphatic carbocycles. The summed E-state index contributed by atoms with van der Waals surface area (Å²) < 4.78 is 3.85. The number of fused-ring (bicyclic) bond motifs is 2. The Morgan fingerprint density at radius 2 is 2.00 bits per heavy atom. The van der Waals surface area contributed by atoms with Gasteiger partial charge in [-0.05, 0) is 29.8 Å². The lowest BCUT2D eigenvalue weighted by molar-refractivity contribution is 0.797. The zero-order valence-corrected chi connectivity index (χ0v) is 14.6. The van der Waals surface area contributed by atoms with Crippen LogP contribution in [0.3, 0.4) is 0 Å². The van der Waals surface area contributed by atoms with Crippen LogP contribution in [0.25, 0.3) is 33.1 Å². The highest BCUT2D eigenvalue weighted by molar-refractivity contribution is 5.86. The number of aryl methyl sites for hydroxylation is 2. The fraction of sp³-hybridized carbons (Fsp3) is 0.150. The van der Waals surface area contributed by atoms with E-state index in [-0.39, 0.29) is 0 Å². The standard InChI is InChI=1S/C20H18N6/c1-25-11-19(21-12-25)14-4-5-17-16(9-14)18(24-23-17)8-13-3-6-20-15(7-13)10-22-26(20)2/h3-7,9-12H,8H2,1-2H3,(H,23,24). The summed E-state index contributed by atoms with van der Waals surface area (Å²) in [4.78, 5) is 4.45. The van der Waals surface area contributed by atoms with Gasteiger partial charge in [0.25, 0.3) is 0 Å². The topological polar surface area (TPSA) is 64.3 Å². The number of H-pyrrole nitrogens is 1. The minimum Gasteiger partial charge on any atom is -0.340 e. The molecular formula is C20H18N6. The highest BCUT2D eigenvalue weighted by Gasteiger charge is 2.10. The Balaban J connectivity index is 1.55. The molecule has 1 N–H and O–H groups in total. The Morgan fingerprint density at radius 1 is 1.08 bits per heavy atom. The largest absolute Gasteiger partial charge is 0.340 e. The van der Waals surface area contributed by atoms with Crippen molar-refractivity contribution in [3.8, 4) is 11.3 Å². The number of hydrogen-bond donors (Lipinski definition) is 1. The van der Waals surface area contributed by atoms with Gasteiger partial charge in [0.05, 0.1) is 29.3 Å².